The normalized spacial score (nSPS) is 22.2. The van der Waals surface area contributed by atoms with Gasteiger partial charge in [-0.25, -0.2) is 4.98 Å². The highest BCUT2D eigenvalue weighted by Crippen LogP contribution is 2.19. The Labute approximate surface area is 119 Å². The van der Waals surface area contributed by atoms with Gasteiger partial charge < -0.3 is 15.0 Å². The Hall–Kier alpha value is -1.62. The van der Waals surface area contributed by atoms with Gasteiger partial charge in [-0.3, -0.25) is 4.79 Å². The van der Waals surface area contributed by atoms with Crippen LogP contribution in [0.2, 0.25) is 0 Å². The minimum Gasteiger partial charge on any atom is -0.376 e. The summed E-state index contributed by atoms with van der Waals surface area (Å²) in [5.41, 5.74) is 1.59. The highest BCUT2D eigenvalue weighted by molar-refractivity contribution is 5.92. The van der Waals surface area contributed by atoms with Gasteiger partial charge in [-0.05, 0) is 37.8 Å². The van der Waals surface area contributed by atoms with Crippen molar-refractivity contribution in [3.63, 3.8) is 0 Å². The SMILES string of the molecule is O=C(NCC1CCCO1)c1ccc(N2CCCC2)cn1. The molecule has 2 saturated heterocycles. The average Bonchev–Trinajstić information content (AvgIpc) is 3.18. The predicted molar refractivity (Wildman–Crippen MR) is 77.0 cm³/mol. The molecule has 0 bridgehead atoms. The molecule has 5 heteroatoms. The van der Waals surface area contributed by atoms with Gasteiger partial charge in [0.25, 0.3) is 5.91 Å². The van der Waals surface area contributed by atoms with Gasteiger partial charge >= 0.3 is 0 Å². The van der Waals surface area contributed by atoms with Crippen LogP contribution in [0.3, 0.4) is 0 Å². The van der Waals surface area contributed by atoms with E-state index in [4.69, 9.17) is 4.74 Å². The van der Waals surface area contributed by atoms with Gasteiger partial charge in [0.15, 0.2) is 0 Å². The molecule has 20 heavy (non-hydrogen) atoms. The van der Waals surface area contributed by atoms with Crippen LogP contribution >= 0.6 is 0 Å². The Morgan fingerprint density at radius 1 is 1.35 bits per heavy atom. The number of hydrogen-bond donors (Lipinski definition) is 1. The highest BCUT2D eigenvalue weighted by atomic mass is 16.5. The van der Waals surface area contributed by atoms with Crippen LogP contribution in [0.1, 0.15) is 36.2 Å². The van der Waals surface area contributed by atoms with E-state index in [9.17, 15) is 4.79 Å². The number of nitrogens with zero attached hydrogens (tertiary/aromatic N) is 2. The van der Waals surface area contributed by atoms with Crippen molar-refractivity contribution in [2.75, 3.05) is 31.1 Å². The van der Waals surface area contributed by atoms with Crippen LogP contribution in [0.4, 0.5) is 5.69 Å². The zero-order valence-corrected chi connectivity index (χ0v) is 11.7. The molecule has 2 aliphatic rings. The third kappa shape index (κ3) is 3.10. The lowest BCUT2D eigenvalue weighted by molar-refractivity contribution is 0.0854. The fourth-order valence-electron chi connectivity index (χ4n) is 2.79. The van der Waals surface area contributed by atoms with Crippen molar-refractivity contribution in [3.05, 3.63) is 24.0 Å². The van der Waals surface area contributed by atoms with Crippen LogP contribution < -0.4 is 10.2 Å². The van der Waals surface area contributed by atoms with Crippen LogP contribution in [0.5, 0.6) is 0 Å². The fraction of sp³-hybridized carbons (Fsp3) is 0.600. The average molecular weight is 275 g/mol. The van der Waals surface area contributed by atoms with Crippen molar-refractivity contribution in [1.29, 1.82) is 0 Å². The summed E-state index contributed by atoms with van der Waals surface area (Å²) in [5.74, 6) is -0.117. The lowest BCUT2D eigenvalue weighted by Crippen LogP contribution is -2.32. The van der Waals surface area contributed by atoms with E-state index in [0.717, 1.165) is 38.2 Å². The highest BCUT2D eigenvalue weighted by Gasteiger charge is 2.17. The first kappa shape index (κ1) is 13.4. The Morgan fingerprint density at radius 2 is 2.20 bits per heavy atom. The molecule has 1 unspecified atom stereocenters. The van der Waals surface area contributed by atoms with Crippen molar-refractivity contribution in [1.82, 2.24) is 10.3 Å². The van der Waals surface area contributed by atoms with Crippen molar-refractivity contribution in [2.45, 2.75) is 31.8 Å². The Morgan fingerprint density at radius 3 is 2.85 bits per heavy atom. The summed E-state index contributed by atoms with van der Waals surface area (Å²) in [5, 5.41) is 2.89. The minimum atomic E-state index is -0.117. The van der Waals surface area contributed by atoms with Crippen molar-refractivity contribution in [3.8, 4) is 0 Å². The molecule has 1 atom stereocenters. The topological polar surface area (TPSA) is 54.5 Å². The molecule has 2 fully saturated rings. The summed E-state index contributed by atoms with van der Waals surface area (Å²) in [6.07, 6.45) is 6.56. The van der Waals surface area contributed by atoms with Crippen LogP contribution in [-0.4, -0.2) is 43.2 Å². The van der Waals surface area contributed by atoms with Gasteiger partial charge in [0.05, 0.1) is 18.0 Å². The van der Waals surface area contributed by atoms with Gasteiger partial charge in [-0.2, -0.15) is 0 Å². The number of ether oxygens (including phenoxy) is 1. The zero-order valence-electron chi connectivity index (χ0n) is 11.7. The maximum absolute atomic E-state index is 12.0. The lowest BCUT2D eigenvalue weighted by atomic mass is 10.2. The summed E-state index contributed by atoms with van der Waals surface area (Å²) >= 11 is 0. The van der Waals surface area contributed by atoms with Gasteiger partial charge in [0.2, 0.25) is 0 Å². The Kier molecular flexibility index (Phi) is 4.16. The number of aromatic nitrogens is 1. The first-order valence-corrected chi connectivity index (χ1v) is 7.44. The third-order valence-corrected chi connectivity index (χ3v) is 3.97. The second-order valence-electron chi connectivity index (χ2n) is 5.44. The molecule has 0 radical (unpaired) electrons. The van der Waals surface area contributed by atoms with Crippen molar-refractivity contribution < 1.29 is 9.53 Å². The summed E-state index contributed by atoms with van der Waals surface area (Å²) < 4.78 is 5.48. The van der Waals surface area contributed by atoms with E-state index in [1.807, 2.05) is 6.07 Å². The van der Waals surface area contributed by atoms with E-state index in [1.54, 1.807) is 12.3 Å². The minimum absolute atomic E-state index is 0.117. The van der Waals surface area contributed by atoms with Crippen LogP contribution in [0.25, 0.3) is 0 Å². The molecular weight excluding hydrogens is 254 g/mol. The molecule has 1 aromatic heterocycles. The molecule has 1 N–H and O–H groups in total. The van der Waals surface area contributed by atoms with E-state index in [1.165, 1.54) is 12.8 Å². The molecule has 5 nitrogen and oxygen atoms in total. The maximum atomic E-state index is 12.0. The molecule has 2 aliphatic heterocycles. The fourth-order valence-corrected chi connectivity index (χ4v) is 2.79. The van der Waals surface area contributed by atoms with E-state index in [2.05, 4.69) is 15.2 Å². The molecule has 3 heterocycles. The molecule has 1 aromatic rings. The number of rotatable bonds is 4. The molecular formula is C15H21N3O2. The van der Waals surface area contributed by atoms with Crippen molar-refractivity contribution >= 4 is 11.6 Å². The first-order chi connectivity index (χ1) is 9.83. The van der Waals surface area contributed by atoms with Crippen LogP contribution in [0, 0.1) is 0 Å². The molecule has 0 saturated carbocycles. The van der Waals surface area contributed by atoms with E-state index in [0.29, 0.717) is 12.2 Å². The monoisotopic (exact) mass is 275 g/mol. The summed E-state index contributed by atoms with van der Waals surface area (Å²) in [6, 6.07) is 3.79. The van der Waals surface area contributed by atoms with Gasteiger partial charge in [-0.1, -0.05) is 0 Å². The van der Waals surface area contributed by atoms with E-state index >= 15 is 0 Å². The van der Waals surface area contributed by atoms with Crippen LogP contribution in [-0.2, 0) is 4.74 Å². The Bertz CT molecular complexity index is 449. The van der Waals surface area contributed by atoms with Gasteiger partial charge in [-0.15, -0.1) is 0 Å². The maximum Gasteiger partial charge on any atom is 0.269 e. The molecule has 0 aliphatic carbocycles. The summed E-state index contributed by atoms with van der Waals surface area (Å²) in [6.45, 7) is 3.57. The lowest BCUT2D eigenvalue weighted by Gasteiger charge is -2.17. The molecule has 0 spiro atoms. The number of carbonyl (C=O) groups is 1. The quantitative estimate of drug-likeness (QED) is 0.906. The predicted octanol–water partition coefficient (Wildman–Crippen LogP) is 1.59. The number of pyridine rings is 1. The smallest absolute Gasteiger partial charge is 0.269 e. The standard InChI is InChI=1S/C15H21N3O2/c19-15(17-11-13-4-3-9-20-13)14-6-5-12(10-16-14)18-7-1-2-8-18/h5-6,10,13H,1-4,7-9,11H2,(H,17,19). The largest absolute Gasteiger partial charge is 0.376 e. The number of carbonyl (C=O) groups excluding carboxylic acids is 1. The number of amides is 1. The second-order valence-corrected chi connectivity index (χ2v) is 5.44. The molecule has 1 amide bonds. The summed E-state index contributed by atoms with van der Waals surface area (Å²) in [4.78, 5) is 18.6. The number of hydrogen-bond acceptors (Lipinski definition) is 4. The number of anilines is 1. The summed E-state index contributed by atoms with van der Waals surface area (Å²) in [7, 11) is 0. The zero-order chi connectivity index (χ0) is 13.8. The van der Waals surface area contributed by atoms with Crippen molar-refractivity contribution in [2.24, 2.45) is 0 Å². The second kappa shape index (κ2) is 6.22. The van der Waals surface area contributed by atoms with Crippen LogP contribution in [0.15, 0.2) is 18.3 Å². The van der Waals surface area contributed by atoms with Gasteiger partial charge in [0.1, 0.15) is 5.69 Å². The van der Waals surface area contributed by atoms with E-state index < -0.39 is 0 Å². The molecule has 0 aromatic carbocycles. The Balaban J connectivity index is 1.54. The molecule has 108 valence electrons. The number of nitrogens with one attached hydrogen (secondary N) is 1. The van der Waals surface area contributed by atoms with Gasteiger partial charge in [0, 0.05) is 26.2 Å². The third-order valence-electron chi connectivity index (χ3n) is 3.97. The molecule has 3 rings (SSSR count). The van der Waals surface area contributed by atoms with E-state index in [-0.39, 0.29) is 12.0 Å². The first-order valence-electron chi connectivity index (χ1n) is 7.44.